The lowest BCUT2D eigenvalue weighted by molar-refractivity contribution is -0.141. The summed E-state index contributed by atoms with van der Waals surface area (Å²) in [6.45, 7) is 0.0485. The molecule has 3 nitrogen and oxygen atoms in total. The molecular formula is C12H8ClF3N2OS. The summed E-state index contributed by atoms with van der Waals surface area (Å²) in [5.74, 6) is 0. The second kappa shape index (κ2) is 5.41. The molecule has 1 aromatic heterocycles. The van der Waals surface area contributed by atoms with Gasteiger partial charge in [0.15, 0.2) is 4.77 Å². The quantitative estimate of drug-likeness (QED) is 0.858. The molecule has 2 aromatic rings. The Kier molecular flexibility index (Phi) is 4.01. The third kappa shape index (κ3) is 3.29. The molecule has 0 atom stereocenters. The highest BCUT2D eigenvalue weighted by Gasteiger charge is 2.32. The first-order valence-corrected chi connectivity index (χ1v) is 6.22. The Morgan fingerprint density at radius 1 is 1.30 bits per heavy atom. The summed E-state index contributed by atoms with van der Waals surface area (Å²) < 4.78 is 38.3. The van der Waals surface area contributed by atoms with Gasteiger partial charge in [0.2, 0.25) is 0 Å². The SMILES string of the molecule is O=c1cc(C(F)(F)F)[nH]c(=S)n1Cc1cccc(Cl)c1. The van der Waals surface area contributed by atoms with Crippen LogP contribution in [0.3, 0.4) is 0 Å². The zero-order chi connectivity index (χ0) is 14.9. The van der Waals surface area contributed by atoms with Crippen molar-refractivity contribution >= 4 is 23.8 Å². The Labute approximate surface area is 121 Å². The molecule has 20 heavy (non-hydrogen) atoms. The number of rotatable bonds is 2. The van der Waals surface area contributed by atoms with Crippen molar-refractivity contribution in [2.45, 2.75) is 12.7 Å². The van der Waals surface area contributed by atoms with Crippen LogP contribution in [-0.4, -0.2) is 9.55 Å². The lowest BCUT2D eigenvalue weighted by Gasteiger charge is -2.10. The average molecular weight is 321 g/mol. The van der Waals surface area contributed by atoms with Crippen molar-refractivity contribution < 1.29 is 13.2 Å². The molecular weight excluding hydrogens is 313 g/mol. The highest BCUT2D eigenvalue weighted by atomic mass is 35.5. The van der Waals surface area contributed by atoms with Gasteiger partial charge < -0.3 is 4.98 Å². The molecule has 0 aliphatic heterocycles. The van der Waals surface area contributed by atoms with Gasteiger partial charge in [0, 0.05) is 11.1 Å². The minimum Gasteiger partial charge on any atom is -0.328 e. The normalized spacial score (nSPS) is 11.6. The average Bonchev–Trinajstić information content (AvgIpc) is 2.32. The van der Waals surface area contributed by atoms with E-state index in [9.17, 15) is 18.0 Å². The van der Waals surface area contributed by atoms with Crippen molar-refractivity contribution in [3.05, 3.63) is 61.7 Å². The van der Waals surface area contributed by atoms with Gasteiger partial charge in [0.1, 0.15) is 5.69 Å². The highest BCUT2D eigenvalue weighted by Crippen LogP contribution is 2.26. The first-order chi connectivity index (χ1) is 9.27. The van der Waals surface area contributed by atoms with Crippen LogP contribution in [0.2, 0.25) is 5.02 Å². The van der Waals surface area contributed by atoms with Crippen LogP contribution in [0.4, 0.5) is 13.2 Å². The van der Waals surface area contributed by atoms with Crippen molar-refractivity contribution in [1.29, 1.82) is 0 Å². The Hall–Kier alpha value is -1.60. The number of hydrogen-bond acceptors (Lipinski definition) is 2. The zero-order valence-electron chi connectivity index (χ0n) is 9.87. The minimum absolute atomic E-state index is 0.0485. The number of benzene rings is 1. The second-order valence-electron chi connectivity index (χ2n) is 4.04. The molecule has 0 saturated carbocycles. The van der Waals surface area contributed by atoms with Gasteiger partial charge in [-0.1, -0.05) is 23.7 Å². The number of nitrogens with zero attached hydrogens (tertiary/aromatic N) is 1. The maximum absolute atomic E-state index is 12.5. The van der Waals surface area contributed by atoms with E-state index in [1.807, 2.05) is 4.98 Å². The van der Waals surface area contributed by atoms with Gasteiger partial charge in [0.25, 0.3) is 5.56 Å². The smallest absolute Gasteiger partial charge is 0.328 e. The molecule has 106 valence electrons. The molecule has 0 radical (unpaired) electrons. The van der Waals surface area contributed by atoms with Gasteiger partial charge in [-0.05, 0) is 29.9 Å². The fraction of sp³-hybridized carbons (Fsp3) is 0.167. The fourth-order valence-electron chi connectivity index (χ4n) is 1.64. The van der Waals surface area contributed by atoms with Crippen LogP contribution in [-0.2, 0) is 12.7 Å². The molecule has 0 aliphatic carbocycles. The number of halogens is 4. The van der Waals surface area contributed by atoms with E-state index in [1.54, 1.807) is 24.3 Å². The summed E-state index contributed by atoms with van der Waals surface area (Å²) in [5.41, 5.74) is -1.31. The van der Waals surface area contributed by atoms with Crippen molar-refractivity contribution in [1.82, 2.24) is 9.55 Å². The highest BCUT2D eigenvalue weighted by molar-refractivity contribution is 7.71. The molecule has 0 saturated heterocycles. The van der Waals surface area contributed by atoms with E-state index in [2.05, 4.69) is 0 Å². The van der Waals surface area contributed by atoms with Crippen LogP contribution in [0, 0.1) is 4.77 Å². The Morgan fingerprint density at radius 3 is 2.55 bits per heavy atom. The maximum atomic E-state index is 12.5. The van der Waals surface area contributed by atoms with E-state index in [-0.39, 0.29) is 11.3 Å². The zero-order valence-corrected chi connectivity index (χ0v) is 11.4. The molecule has 1 N–H and O–H groups in total. The monoisotopic (exact) mass is 320 g/mol. The molecule has 1 heterocycles. The summed E-state index contributed by atoms with van der Waals surface area (Å²) in [6.07, 6.45) is -4.64. The first-order valence-electron chi connectivity index (χ1n) is 5.43. The number of H-pyrrole nitrogens is 1. The van der Waals surface area contributed by atoms with E-state index in [4.69, 9.17) is 23.8 Å². The van der Waals surface area contributed by atoms with E-state index < -0.39 is 17.4 Å². The number of aromatic amines is 1. The van der Waals surface area contributed by atoms with Crippen molar-refractivity contribution in [3.63, 3.8) is 0 Å². The van der Waals surface area contributed by atoms with Crippen LogP contribution in [0.15, 0.2) is 35.1 Å². The molecule has 0 aliphatic rings. The molecule has 0 bridgehead atoms. The first kappa shape index (κ1) is 14.8. The molecule has 8 heteroatoms. The lowest BCUT2D eigenvalue weighted by atomic mass is 10.2. The lowest BCUT2D eigenvalue weighted by Crippen LogP contribution is -2.25. The summed E-state index contributed by atoms with van der Waals surface area (Å²) in [4.78, 5) is 13.8. The van der Waals surface area contributed by atoms with Gasteiger partial charge in [0.05, 0.1) is 6.54 Å². The predicted octanol–water partition coefficient (Wildman–Crippen LogP) is 3.63. The molecule has 0 amide bonds. The summed E-state index contributed by atoms with van der Waals surface area (Å²) in [7, 11) is 0. The van der Waals surface area contributed by atoms with Crippen LogP contribution < -0.4 is 5.56 Å². The molecule has 1 aromatic carbocycles. The number of aromatic nitrogens is 2. The van der Waals surface area contributed by atoms with Crippen LogP contribution >= 0.6 is 23.8 Å². The molecule has 2 rings (SSSR count). The molecule has 0 fully saturated rings. The second-order valence-corrected chi connectivity index (χ2v) is 4.86. The summed E-state index contributed by atoms with van der Waals surface area (Å²) in [6, 6.07) is 7.13. The Bertz CT molecular complexity index is 720. The Morgan fingerprint density at radius 2 is 2.00 bits per heavy atom. The van der Waals surface area contributed by atoms with Crippen molar-refractivity contribution in [2.75, 3.05) is 0 Å². The number of nitrogens with one attached hydrogen (secondary N) is 1. The summed E-state index contributed by atoms with van der Waals surface area (Å²) in [5, 5.41) is 0.470. The third-order valence-corrected chi connectivity index (χ3v) is 3.11. The number of hydrogen-bond donors (Lipinski definition) is 1. The van der Waals surface area contributed by atoms with E-state index >= 15 is 0 Å². The van der Waals surface area contributed by atoms with Gasteiger partial charge in [-0.3, -0.25) is 9.36 Å². The van der Waals surface area contributed by atoms with E-state index in [0.29, 0.717) is 16.7 Å². The van der Waals surface area contributed by atoms with Crippen molar-refractivity contribution in [2.24, 2.45) is 0 Å². The standard InChI is InChI=1S/C12H8ClF3N2OS/c13-8-3-1-2-7(4-8)6-18-10(19)5-9(12(14,15)16)17-11(18)20/h1-5H,6H2,(H,17,20). The summed E-state index contributed by atoms with van der Waals surface area (Å²) >= 11 is 10.6. The van der Waals surface area contributed by atoms with Crippen LogP contribution in [0.1, 0.15) is 11.3 Å². The topological polar surface area (TPSA) is 37.8 Å². The van der Waals surface area contributed by atoms with Gasteiger partial charge in [-0.2, -0.15) is 13.2 Å². The molecule has 0 unspecified atom stereocenters. The van der Waals surface area contributed by atoms with Crippen molar-refractivity contribution in [3.8, 4) is 0 Å². The maximum Gasteiger partial charge on any atom is 0.431 e. The van der Waals surface area contributed by atoms with Gasteiger partial charge in [-0.25, -0.2) is 0 Å². The third-order valence-electron chi connectivity index (χ3n) is 2.56. The minimum atomic E-state index is -4.64. The van der Waals surface area contributed by atoms with Gasteiger partial charge in [-0.15, -0.1) is 0 Å². The van der Waals surface area contributed by atoms with Crippen LogP contribution in [0.5, 0.6) is 0 Å². The Balaban J connectivity index is 2.44. The molecule has 0 spiro atoms. The fourth-order valence-corrected chi connectivity index (χ4v) is 2.12. The number of alkyl halides is 3. The predicted molar refractivity (Wildman–Crippen MR) is 71.4 cm³/mol. The van der Waals surface area contributed by atoms with Gasteiger partial charge >= 0.3 is 6.18 Å². The largest absolute Gasteiger partial charge is 0.431 e. The van der Waals surface area contributed by atoms with E-state index in [1.165, 1.54) is 0 Å². The van der Waals surface area contributed by atoms with E-state index in [0.717, 1.165) is 4.57 Å². The van der Waals surface area contributed by atoms with Crippen LogP contribution in [0.25, 0.3) is 0 Å².